The molecule has 0 bridgehead atoms. The van der Waals surface area contributed by atoms with E-state index in [1.807, 2.05) is 49.9 Å². The van der Waals surface area contributed by atoms with Gasteiger partial charge in [-0.05, 0) is 98.2 Å². The third-order valence-corrected chi connectivity index (χ3v) is 13.8. The summed E-state index contributed by atoms with van der Waals surface area (Å²) in [6, 6.07) is 11.5. The van der Waals surface area contributed by atoms with Crippen LogP contribution in [0.1, 0.15) is 101 Å². The second kappa shape index (κ2) is 17.9. The van der Waals surface area contributed by atoms with E-state index in [1.54, 1.807) is 0 Å². The first kappa shape index (κ1) is 43.6. The zero-order valence-corrected chi connectivity index (χ0v) is 37.2. The van der Waals surface area contributed by atoms with Crippen molar-refractivity contribution < 1.29 is 29.0 Å². The standard InChI is InChI=1S/C47H63N9O6/c1-27(2)39(52-45(59)61-6)43(57)55-21-8-10-36(55)41-48-24-34(50-41)30-14-12-29(13-15-30)31-16-17-32(33-18-19-47(38(31)33)20-23-54(5)26-47)35-25-49-42(51-35)37-11-9-22-56(37)44(58)40(28(3)4)53-46(60)62-7/h12-17,24-25,27-28,36-37,39-40,46,53,60H,8-11,18-23,26H2,1-7H3,(H,48,50)(H,49,51)(H,52,59)/t36-,37-,39-,40-,46?,47?/m0/s1. The maximum absolute atomic E-state index is 13.9. The number of nitrogens with one attached hydrogen (secondary N) is 4. The molecule has 4 aliphatic rings. The number of carbonyl (C=O) groups excluding carboxylic acids is 3. The predicted molar refractivity (Wildman–Crippen MR) is 235 cm³/mol. The lowest BCUT2D eigenvalue weighted by Crippen LogP contribution is -2.52. The van der Waals surface area contributed by atoms with Gasteiger partial charge in [-0.25, -0.2) is 14.8 Å². The number of aliphatic hydroxyl groups is 1. The third-order valence-electron chi connectivity index (χ3n) is 13.8. The fraction of sp³-hybridized carbons (Fsp3) is 0.553. The summed E-state index contributed by atoms with van der Waals surface area (Å²) in [4.78, 5) is 62.7. The second-order valence-corrected chi connectivity index (χ2v) is 18.4. The Bertz CT molecular complexity index is 2250. The number of nitrogens with zero attached hydrogens (tertiary/aromatic N) is 5. The average Bonchev–Trinajstić information content (AvgIpc) is 4.13. The number of aromatic nitrogens is 4. The van der Waals surface area contributed by atoms with Crippen LogP contribution in [0.15, 0.2) is 48.8 Å². The third kappa shape index (κ3) is 8.27. The first-order valence-electron chi connectivity index (χ1n) is 22.3. The Morgan fingerprint density at radius 2 is 1.37 bits per heavy atom. The summed E-state index contributed by atoms with van der Waals surface area (Å²) in [5, 5.41) is 15.8. The predicted octanol–water partition coefficient (Wildman–Crippen LogP) is 5.90. The van der Waals surface area contributed by atoms with Crippen LogP contribution in [0.25, 0.3) is 33.6 Å². The minimum atomic E-state index is -1.23. The minimum absolute atomic E-state index is 0.0484. The second-order valence-electron chi connectivity index (χ2n) is 18.4. The van der Waals surface area contributed by atoms with Crippen LogP contribution in [-0.2, 0) is 30.9 Å². The van der Waals surface area contributed by atoms with Crippen molar-refractivity contribution in [3.05, 3.63) is 71.6 Å². The summed E-state index contributed by atoms with van der Waals surface area (Å²) < 4.78 is 9.82. The van der Waals surface area contributed by atoms with Crippen LogP contribution in [0.3, 0.4) is 0 Å². The number of benzene rings is 2. The zero-order valence-electron chi connectivity index (χ0n) is 37.2. The molecule has 1 aliphatic carbocycles. The number of aromatic amines is 2. The lowest BCUT2D eigenvalue weighted by molar-refractivity contribution is -0.145. The van der Waals surface area contributed by atoms with Gasteiger partial charge < -0.3 is 44.6 Å². The van der Waals surface area contributed by atoms with Gasteiger partial charge in [0.1, 0.15) is 17.7 Å². The molecule has 15 heteroatoms. The number of likely N-dealkylation sites (tertiary alicyclic amines) is 3. The first-order chi connectivity index (χ1) is 29.8. The van der Waals surface area contributed by atoms with Crippen molar-refractivity contribution in [3.63, 3.8) is 0 Å². The number of alkyl carbamates (subject to hydrolysis) is 1. The molecule has 6 atom stereocenters. The van der Waals surface area contributed by atoms with Crippen LogP contribution in [0, 0.1) is 11.8 Å². The Hall–Kier alpha value is -5.09. The molecule has 5 N–H and O–H groups in total. The van der Waals surface area contributed by atoms with E-state index in [4.69, 9.17) is 19.4 Å². The SMILES string of the molecule is COC(=O)N[C@H](C(=O)N1CCC[C@H]1c1ncc(-c2ccc(-c3ccc(-c4cnc([C@@H]5CCCN5C(=O)[C@@H](NC(O)OC)C(C)C)[nH]4)c4c3C3(CC4)CCN(C)C3)cc2)[nH]1)C(C)C. The summed E-state index contributed by atoms with van der Waals surface area (Å²) in [6.07, 6.45) is 8.43. The van der Waals surface area contributed by atoms with Gasteiger partial charge in [0.15, 0.2) is 0 Å². The molecule has 62 heavy (non-hydrogen) atoms. The van der Waals surface area contributed by atoms with Crippen molar-refractivity contribution in [2.24, 2.45) is 11.8 Å². The highest BCUT2D eigenvalue weighted by atomic mass is 16.6. The van der Waals surface area contributed by atoms with Crippen molar-refractivity contribution in [2.75, 3.05) is 47.4 Å². The number of likely N-dealkylation sites (N-methyl/N-ethyl adjacent to an activating group) is 1. The number of carbonyl (C=O) groups is 3. The van der Waals surface area contributed by atoms with Gasteiger partial charge in [-0.2, -0.15) is 0 Å². The van der Waals surface area contributed by atoms with Crippen LogP contribution in [-0.4, -0.2) is 124 Å². The van der Waals surface area contributed by atoms with Gasteiger partial charge in [-0.1, -0.05) is 64.1 Å². The van der Waals surface area contributed by atoms with E-state index in [-0.39, 0.29) is 41.1 Å². The largest absolute Gasteiger partial charge is 0.453 e. The Balaban J connectivity index is 1.05. The summed E-state index contributed by atoms with van der Waals surface area (Å²) in [6.45, 7) is 11.1. The molecule has 0 saturated carbocycles. The number of H-pyrrole nitrogens is 2. The van der Waals surface area contributed by atoms with Crippen LogP contribution in [0.5, 0.6) is 0 Å². The first-order valence-corrected chi connectivity index (χ1v) is 22.3. The van der Waals surface area contributed by atoms with E-state index in [0.717, 1.165) is 97.8 Å². The molecule has 8 rings (SSSR count). The van der Waals surface area contributed by atoms with Gasteiger partial charge in [-0.15, -0.1) is 0 Å². The number of fused-ring (bicyclic) bond motifs is 2. The minimum Gasteiger partial charge on any atom is -0.453 e. The number of hydrogen-bond acceptors (Lipinski definition) is 10. The molecule has 1 spiro atoms. The van der Waals surface area contributed by atoms with Crippen molar-refractivity contribution >= 4 is 17.9 Å². The summed E-state index contributed by atoms with van der Waals surface area (Å²) in [7, 11) is 4.93. The summed E-state index contributed by atoms with van der Waals surface area (Å²) >= 11 is 0. The molecule has 3 amide bonds. The number of amides is 3. The molecule has 15 nitrogen and oxygen atoms in total. The number of methoxy groups -OCH3 is 2. The highest BCUT2D eigenvalue weighted by Crippen LogP contribution is 2.52. The Labute approximate surface area is 364 Å². The van der Waals surface area contributed by atoms with Gasteiger partial charge in [0.2, 0.25) is 18.2 Å². The Morgan fingerprint density at radius 3 is 1.95 bits per heavy atom. The quantitative estimate of drug-likeness (QED) is 0.102. The molecule has 3 aliphatic heterocycles. The summed E-state index contributed by atoms with van der Waals surface area (Å²) in [5.41, 5.74) is 9.29. The van der Waals surface area contributed by atoms with Gasteiger partial charge in [-0.3, -0.25) is 14.9 Å². The van der Waals surface area contributed by atoms with Crippen molar-refractivity contribution in [1.82, 2.24) is 45.3 Å². The molecule has 332 valence electrons. The summed E-state index contributed by atoms with van der Waals surface area (Å²) in [5.74, 6) is 1.18. The maximum atomic E-state index is 13.9. The van der Waals surface area contributed by atoms with E-state index in [1.165, 1.54) is 30.9 Å². The normalized spacial score (nSPS) is 22.8. The number of ether oxygens (including phenoxy) is 2. The van der Waals surface area contributed by atoms with E-state index in [2.05, 4.69) is 68.9 Å². The Kier molecular flexibility index (Phi) is 12.6. The maximum Gasteiger partial charge on any atom is 0.407 e. The van der Waals surface area contributed by atoms with Crippen molar-refractivity contribution in [3.8, 4) is 33.6 Å². The van der Waals surface area contributed by atoms with E-state index < -0.39 is 24.6 Å². The molecule has 5 heterocycles. The van der Waals surface area contributed by atoms with E-state index >= 15 is 0 Å². The fourth-order valence-corrected chi connectivity index (χ4v) is 10.6. The molecule has 4 aromatic rings. The number of rotatable bonds is 13. The van der Waals surface area contributed by atoms with E-state index in [9.17, 15) is 19.5 Å². The molecule has 2 aromatic carbocycles. The van der Waals surface area contributed by atoms with Gasteiger partial charge in [0.05, 0.1) is 49.0 Å². The lowest BCUT2D eigenvalue weighted by Gasteiger charge is -2.31. The van der Waals surface area contributed by atoms with Crippen molar-refractivity contribution in [2.45, 2.75) is 109 Å². The molecule has 2 unspecified atom stereocenters. The van der Waals surface area contributed by atoms with Crippen LogP contribution < -0.4 is 10.6 Å². The smallest absolute Gasteiger partial charge is 0.407 e. The molecular formula is C47H63N9O6. The van der Waals surface area contributed by atoms with E-state index in [0.29, 0.717) is 13.1 Å². The molecule has 3 fully saturated rings. The van der Waals surface area contributed by atoms with Crippen LogP contribution in [0.4, 0.5) is 4.79 Å². The lowest BCUT2D eigenvalue weighted by atomic mass is 9.77. The monoisotopic (exact) mass is 849 g/mol. The molecule has 2 aromatic heterocycles. The number of hydrogen-bond donors (Lipinski definition) is 5. The van der Waals surface area contributed by atoms with Crippen LogP contribution >= 0.6 is 0 Å². The van der Waals surface area contributed by atoms with Crippen LogP contribution in [0.2, 0.25) is 0 Å². The highest BCUT2D eigenvalue weighted by molar-refractivity contribution is 5.87. The molecular weight excluding hydrogens is 787 g/mol. The van der Waals surface area contributed by atoms with Gasteiger partial charge >= 0.3 is 6.09 Å². The zero-order chi connectivity index (χ0) is 43.9. The van der Waals surface area contributed by atoms with Gasteiger partial charge in [0, 0.05) is 37.7 Å². The number of imidazole rings is 2. The van der Waals surface area contributed by atoms with Crippen molar-refractivity contribution in [1.29, 1.82) is 0 Å². The average molecular weight is 850 g/mol. The molecule has 3 saturated heterocycles. The fourth-order valence-electron chi connectivity index (χ4n) is 10.6. The van der Waals surface area contributed by atoms with Gasteiger partial charge in [0.25, 0.3) is 0 Å². The number of aliphatic hydroxyl groups excluding tert-OH is 1. The topological polar surface area (TPSA) is 181 Å². The Morgan fingerprint density at radius 1 is 0.790 bits per heavy atom. The molecule has 0 radical (unpaired) electrons. The highest BCUT2D eigenvalue weighted by Gasteiger charge is 2.46.